The van der Waals surface area contributed by atoms with Gasteiger partial charge in [-0.2, -0.15) is 0 Å². The van der Waals surface area contributed by atoms with Crippen molar-refractivity contribution in [3.05, 3.63) is 29.8 Å². The van der Waals surface area contributed by atoms with E-state index in [2.05, 4.69) is 39.5 Å². The van der Waals surface area contributed by atoms with Crippen LogP contribution in [0.25, 0.3) is 0 Å². The third-order valence-electron chi connectivity index (χ3n) is 4.13. The second kappa shape index (κ2) is 5.01. The Morgan fingerprint density at radius 2 is 2.22 bits per heavy atom. The molecule has 1 saturated carbocycles. The molecule has 3 rings (SSSR count). The second-order valence-corrected chi connectivity index (χ2v) is 5.26. The molecule has 1 fully saturated rings. The van der Waals surface area contributed by atoms with Crippen LogP contribution in [0.4, 0.5) is 5.69 Å². The van der Waals surface area contributed by atoms with Gasteiger partial charge in [0, 0.05) is 25.8 Å². The van der Waals surface area contributed by atoms with Crippen LogP contribution in [0.3, 0.4) is 0 Å². The molecule has 0 atom stereocenters. The third kappa shape index (κ3) is 2.09. The number of nitrogens with zero attached hydrogens (tertiary/aromatic N) is 2. The summed E-state index contributed by atoms with van der Waals surface area (Å²) in [6.07, 6.45) is 5.28. The predicted molar refractivity (Wildman–Crippen MR) is 76.2 cm³/mol. The highest BCUT2D eigenvalue weighted by atomic mass is 15.3. The first-order chi connectivity index (χ1) is 8.88. The minimum atomic E-state index is 0.861. The van der Waals surface area contributed by atoms with E-state index >= 15 is 0 Å². The number of guanidine groups is 1. The van der Waals surface area contributed by atoms with E-state index in [1.165, 1.54) is 30.5 Å². The van der Waals surface area contributed by atoms with Crippen LogP contribution in [0.15, 0.2) is 29.3 Å². The number of benzene rings is 1. The molecule has 1 aliphatic carbocycles. The average molecular weight is 243 g/mol. The average Bonchev–Trinajstić information content (AvgIpc) is 2.76. The van der Waals surface area contributed by atoms with Crippen LogP contribution in [0.2, 0.25) is 0 Å². The monoisotopic (exact) mass is 243 g/mol. The molecule has 0 amide bonds. The van der Waals surface area contributed by atoms with E-state index in [0.29, 0.717) is 0 Å². The smallest absolute Gasteiger partial charge is 0.198 e. The van der Waals surface area contributed by atoms with Crippen molar-refractivity contribution in [2.24, 2.45) is 10.9 Å². The molecule has 1 aromatic carbocycles. The molecule has 0 spiro atoms. The van der Waals surface area contributed by atoms with Crippen molar-refractivity contribution in [1.82, 2.24) is 5.32 Å². The number of rotatable bonds is 2. The summed E-state index contributed by atoms with van der Waals surface area (Å²) >= 11 is 0. The lowest BCUT2D eigenvalue weighted by atomic mass is 9.85. The first-order valence-corrected chi connectivity index (χ1v) is 6.94. The molecule has 0 unspecified atom stereocenters. The van der Waals surface area contributed by atoms with Gasteiger partial charge >= 0.3 is 0 Å². The summed E-state index contributed by atoms with van der Waals surface area (Å²) in [6.45, 7) is 2.12. The Morgan fingerprint density at radius 1 is 1.39 bits per heavy atom. The second-order valence-electron chi connectivity index (χ2n) is 5.26. The molecule has 2 aliphatic rings. The molecule has 18 heavy (non-hydrogen) atoms. The highest BCUT2D eigenvalue weighted by Gasteiger charge is 2.24. The Morgan fingerprint density at radius 3 is 2.94 bits per heavy atom. The molecule has 96 valence electrons. The summed E-state index contributed by atoms with van der Waals surface area (Å²) < 4.78 is 0. The van der Waals surface area contributed by atoms with E-state index in [0.717, 1.165) is 31.4 Å². The standard InChI is InChI=1S/C15H21N3/c1-16-15(17-11-12-5-4-6-12)18-10-9-13-7-2-3-8-14(13)18/h2-3,7-8,12H,4-6,9-11H2,1H3,(H,16,17). The fourth-order valence-electron chi connectivity index (χ4n) is 2.79. The Kier molecular flexibility index (Phi) is 3.22. The van der Waals surface area contributed by atoms with Crippen molar-refractivity contribution in [3.8, 4) is 0 Å². The van der Waals surface area contributed by atoms with Crippen molar-refractivity contribution in [3.63, 3.8) is 0 Å². The van der Waals surface area contributed by atoms with Gasteiger partial charge in [-0.05, 0) is 36.8 Å². The molecule has 0 radical (unpaired) electrons. The van der Waals surface area contributed by atoms with Crippen LogP contribution in [-0.4, -0.2) is 26.1 Å². The Hall–Kier alpha value is -1.51. The van der Waals surface area contributed by atoms with Crippen molar-refractivity contribution >= 4 is 11.6 Å². The van der Waals surface area contributed by atoms with Crippen LogP contribution in [0.1, 0.15) is 24.8 Å². The maximum absolute atomic E-state index is 4.43. The predicted octanol–water partition coefficient (Wildman–Crippen LogP) is 2.42. The zero-order valence-electron chi connectivity index (χ0n) is 11.0. The van der Waals surface area contributed by atoms with Gasteiger partial charge in [-0.3, -0.25) is 4.99 Å². The molecule has 1 N–H and O–H groups in total. The van der Waals surface area contributed by atoms with Crippen LogP contribution < -0.4 is 10.2 Å². The molecule has 3 heteroatoms. The van der Waals surface area contributed by atoms with E-state index in [9.17, 15) is 0 Å². The van der Waals surface area contributed by atoms with Crippen LogP contribution in [0.5, 0.6) is 0 Å². The molecular weight excluding hydrogens is 222 g/mol. The van der Waals surface area contributed by atoms with Crippen molar-refractivity contribution in [2.75, 3.05) is 25.0 Å². The molecule has 0 bridgehead atoms. The van der Waals surface area contributed by atoms with Crippen LogP contribution >= 0.6 is 0 Å². The molecule has 1 aliphatic heterocycles. The summed E-state index contributed by atoms with van der Waals surface area (Å²) in [4.78, 5) is 6.74. The lowest BCUT2D eigenvalue weighted by Crippen LogP contribution is -2.43. The van der Waals surface area contributed by atoms with Gasteiger partial charge in [0.15, 0.2) is 5.96 Å². The summed E-state index contributed by atoms with van der Waals surface area (Å²) in [6, 6.07) is 8.64. The number of aliphatic imine (C=N–C) groups is 1. The fraction of sp³-hybridized carbons (Fsp3) is 0.533. The molecular formula is C15H21N3. The van der Waals surface area contributed by atoms with Crippen LogP contribution in [-0.2, 0) is 6.42 Å². The Balaban J connectivity index is 1.69. The zero-order valence-corrected chi connectivity index (χ0v) is 11.0. The van der Waals surface area contributed by atoms with Gasteiger partial charge in [0.1, 0.15) is 0 Å². The highest BCUT2D eigenvalue weighted by Crippen LogP contribution is 2.28. The van der Waals surface area contributed by atoms with Gasteiger partial charge in [0.05, 0.1) is 0 Å². The highest BCUT2D eigenvalue weighted by molar-refractivity contribution is 5.97. The van der Waals surface area contributed by atoms with E-state index in [1.54, 1.807) is 0 Å². The Bertz CT molecular complexity index is 449. The number of fused-ring (bicyclic) bond motifs is 1. The summed E-state index contributed by atoms with van der Waals surface area (Å²) in [5.41, 5.74) is 2.75. The first-order valence-electron chi connectivity index (χ1n) is 6.94. The summed E-state index contributed by atoms with van der Waals surface area (Å²) in [7, 11) is 1.88. The van der Waals surface area contributed by atoms with Gasteiger partial charge in [-0.15, -0.1) is 0 Å². The van der Waals surface area contributed by atoms with Crippen LogP contribution in [0, 0.1) is 5.92 Å². The number of para-hydroxylation sites is 1. The van der Waals surface area contributed by atoms with E-state index in [-0.39, 0.29) is 0 Å². The van der Waals surface area contributed by atoms with Crippen molar-refractivity contribution in [1.29, 1.82) is 0 Å². The fourth-order valence-corrected chi connectivity index (χ4v) is 2.79. The number of anilines is 1. The van der Waals surface area contributed by atoms with Gasteiger partial charge in [-0.25, -0.2) is 0 Å². The quantitative estimate of drug-likeness (QED) is 0.638. The maximum atomic E-state index is 4.43. The van der Waals surface area contributed by atoms with E-state index < -0.39 is 0 Å². The molecule has 3 nitrogen and oxygen atoms in total. The van der Waals surface area contributed by atoms with E-state index in [1.807, 2.05) is 7.05 Å². The first kappa shape index (κ1) is 11.6. The lowest BCUT2D eigenvalue weighted by Gasteiger charge is -2.29. The SMILES string of the molecule is CN=C(NCC1CCC1)N1CCc2ccccc21. The number of nitrogens with one attached hydrogen (secondary N) is 1. The molecule has 1 heterocycles. The molecule has 1 aromatic rings. The Labute approximate surface area is 109 Å². The molecule has 0 saturated heterocycles. The van der Waals surface area contributed by atoms with Crippen molar-refractivity contribution < 1.29 is 0 Å². The summed E-state index contributed by atoms with van der Waals surface area (Å²) in [5, 5.41) is 3.53. The summed E-state index contributed by atoms with van der Waals surface area (Å²) in [5.74, 6) is 1.89. The lowest BCUT2D eigenvalue weighted by molar-refractivity contribution is 0.315. The normalized spacial score (nSPS) is 19.6. The van der Waals surface area contributed by atoms with Crippen molar-refractivity contribution in [2.45, 2.75) is 25.7 Å². The topological polar surface area (TPSA) is 27.6 Å². The molecule has 0 aromatic heterocycles. The number of hydrogen-bond acceptors (Lipinski definition) is 1. The third-order valence-corrected chi connectivity index (χ3v) is 4.13. The van der Waals surface area contributed by atoms with Gasteiger partial charge < -0.3 is 10.2 Å². The minimum absolute atomic E-state index is 0.861. The van der Waals surface area contributed by atoms with E-state index in [4.69, 9.17) is 0 Å². The minimum Gasteiger partial charge on any atom is -0.356 e. The van der Waals surface area contributed by atoms with Gasteiger partial charge in [0.25, 0.3) is 0 Å². The van der Waals surface area contributed by atoms with Gasteiger partial charge in [-0.1, -0.05) is 24.6 Å². The van der Waals surface area contributed by atoms with Gasteiger partial charge in [0.2, 0.25) is 0 Å². The maximum Gasteiger partial charge on any atom is 0.198 e. The zero-order chi connectivity index (χ0) is 12.4. The largest absolute Gasteiger partial charge is 0.356 e. The number of hydrogen-bond donors (Lipinski definition) is 1.